The minimum absolute atomic E-state index is 0.0102. The summed E-state index contributed by atoms with van der Waals surface area (Å²) in [6.07, 6.45) is 0.734. The third-order valence-electron chi connectivity index (χ3n) is 1.74. The van der Waals surface area contributed by atoms with Gasteiger partial charge < -0.3 is 10.6 Å². The first-order valence-electron chi connectivity index (χ1n) is 5.60. The van der Waals surface area contributed by atoms with Crippen molar-refractivity contribution < 1.29 is 9.59 Å². The Morgan fingerprint density at radius 2 is 1.22 bits per heavy atom. The second-order valence-electron chi connectivity index (χ2n) is 3.22. The van der Waals surface area contributed by atoms with Crippen LogP contribution in [0.1, 0.15) is 12.8 Å². The van der Waals surface area contributed by atoms with Gasteiger partial charge in [0.1, 0.15) is 0 Å². The summed E-state index contributed by atoms with van der Waals surface area (Å²) in [7, 11) is 3.34. The van der Waals surface area contributed by atoms with Gasteiger partial charge in [-0.25, -0.2) is 0 Å². The Balaban J connectivity index is 3.16. The summed E-state index contributed by atoms with van der Waals surface area (Å²) in [4.78, 5) is 22.1. The molecule has 2 N–H and O–H groups in total. The Morgan fingerprint density at radius 3 is 1.56 bits per heavy atom. The maximum atomic E-state index is 11.0. The average Bonchev–Trinajstić information content (AvgIpc) is 2.33. The van der Waals surface area contributed by atoms with Crippen molar-refractivity contribution in [3.05, 3.63) is 0 Å². The molecule has 0 aliphatic carbocycles. The fraction of sp³-hybridized carbons (Fsp3) is 0.800. The molecule has 4 nitrogen and oxygen atoms in total. The Morgan fingerprint density at radius 1 is 0.833 bits per heavy atom. The molecule has 0 spiro atoms. The van der Waals surface area contributed by atoms with Crippen molar-refractivity contribution in [1.29, 1.82) is 0 Å². The number of carbonyl (C=O) groups is 2. The monoisotopic (exact) mass is 332 g/mol. The molecule has 0 aliphatic heterocycles. The van der Waals surface area contributed by atoms with E-state index in [1.165, 1.54) is 0 Å². The summed E-state index contributed by atoms with van der Waals surface area (Å²) in [5.41, 5.74) is 0. The number of rotatable bonds is 11. The zero-order valence-corrected chi connectivity index (χ0v) is 13.2. The Labute approximate surface area is 126 Å². The van der Waals surface area contributed by atoms with Crippen molar-refractivity contribution in [2.75, 3.05) is 36.4 Å². The molecule has 18 heavy (non-hydrogen) atoms. The van der Waals surface area contributed by atoms with Gasteiger partial charge in [-0.2, -0.15) is 0 Å². The lowest BCUT2D eigenvalue weighted by Gasteiger charge is -2.04. The van der Waals surface area contributed by atoms with Gasteiger partial charge in [0, 0.05) is 49.2 Å². The zero-order valence-electron chi connectivity index (χ0n) is 10.0. The van der Waals surface area contributed by atoms with E-state index in [0.717, 1.165) is 11.5 Å². The van der Waals surface area contributed by atoms with E-state index in [0.29, 0.717) is 37.7 Å². The molecule has 0 unspecified atom stereocenters. The van der Waals surface area contributed by atoms with Gasteiger partial charge in [0.15, 0.2) is 0 Å². The number of nitrogens with one attached hydrogen (secondary N) is 2. The minimum atomic E-state index is -0.0102. The van der Waals surface area contributed by atoms with E-state index in [2.05, 4.69) is 10.6 Å². The Bertz CT molecular complexity index is 222. The van der Waals surface area contributed by atoms with Crippen LogP contribution in [-0.2, 0) is 9.59 Å². The van der Waals surface area contributed by atoms with Crippen LogP contribution in [-0.4, -0.2) is 48.2 Å². The van der Waals surface area contributed by atoms with Crippen LogP contribution in [0, 0.1) is 0 Å². The molecule has 0 radical (unpaired) electrons. The summed E-state index contributed by atoms with van der Waals surface area (Å²) in [6.45, 7) is 1.29. The van der Waals surface area contributed by atoms with Crippen molar-refractivity contribution in [3.8, 4) is 0 Å². The van der Waals surface area contributed by atoms with Crippen molar-refractivity contribution in [1.82, 2.24) is 10.6 Å². The zero-order chi connectivity index (χ0) is 13.6. The predicted octanol–water partition coefficient (Wildman–Crippen LogP) is 1.86. The quantitative estimate of drug-likeness (QED) is 0.344. The molecule has 0 aromatic rings. The molecular weight excluding hydrogens is 315 g/mol. The van der Waals surface area contributed by atoms with Crippen LogP contribution in [0.15, 0.2) is 0 Å². The van der Waals surface area contributed by atoms with Crippen LogP contribution >= 0.6 is 44.8 Å². The standard InChI is InChI=1S/C10H18Cl2N2O2S2/c11-3-1-9(15)13-5-7-17-18-8-6-14-10(16)2-4-12/h1-8H2,(H,13,15)(H,14,16). The predicted molar refractivity (Wildman–Crippen MR) is 81.6 cm³/mol. The molecule has 0 aromatic carbocycles. The summed E-state index contributed by atoms with van der Waals surface area (Å²) in [5.74, 6) is 2.38. The van der Waals surface area contributed by atoms with E-state index in [1.807, 2.05) is 0 Å². The second-order valence-corrected chi connectivity index (χ2v) is 6.68. The number of hydrogen-bond acceptors (Lipinski definition) is 4. The third-order valence-corrected chi connectivity index (χ3v) is 4.53. The third kappa shape index (κ3) is 12.7. The van der Waals surface area contributed by atoms with Gasteiger partial charge in [-0.15, -0.1) is 23.2 Å². The molecule has 0 saturated heterocycles. The van der Waals surface area contributed by atoms with Crippen LogP contribution in [0.3, 0.4) is 0 Å². The van der Waals surface area contributed by atoms with Crippen LogP contribution in [0.2, 0.25) is 0 Å². The SMILES string of the molecule is O=C(CCCl)NCCSSCCNC(=O)CCCl. The van der Waals surface area contributed by atoms with Gasteiger partial charge in [0.05, 0.1) is 0 Å². The smallest absolute Gasteiger partial charge is 0.221 e. The van der Waals surface area contributed by atoms with Gasteiger partial charge in [-0.3, -0.25) is 9.59 Å². The van der Waals surface area contributed by atoms with E-state index in [9.17, 15) is 9.59 Å². The molecule has 0 heterocycles. The average molecular weight is 333 g/mol. The van der Waals surface area contributed by atoms with Crippen LogP contribution in [0.25, 0.3) is 0 Å². The van der Waals surface area contributed by atoms with Gasteiger partial charge in [0.2, 0.25) is 11.8 Å². The van der Waals surface area contributed by atoms with Crippen molar-refractivity contribution in [3.63, 3.8) is 0 Å². The van der Waals surface area contributed by atoms with Crippen molar-refractivity contribution >= 4 is 56.6 Å². The lowest BCUT2D eigenvalue weighted by molar-refractivity contribution is -0.121. The number of amides is 2. The van der Waals surface area contributed by atoms with Crippen LogP contribution in [0.5, 0.6) is 0 Å². The van der Waals surface area contributed by atoms with E-state index >= 15 is 0 Å². The highest BCUT2D eigenvalue weighted by molar-refractivity contribution is 8.76. The maximum Gasteiger partial charge on any atom is 0.221 e. The molecule has 2 amide bonds. The molecular formula is C10H18Cl2N2O2S2. The summed E-state index contributed by atoms with van der Waals surface area (Å²) in [5, 5.41) is 5.53. The first kappa shape index (κ1) is 18.2. The number of hydrogen-bond donors (Lipinski definition) is 2. The highest BCUT2D eigenvalue weighted by atomic mass is 35.5. The first-order chi connectivity index (χ1) is 8.70. The number of alkyl halides is 2. The summed E-state index contributed by atoms with van der Waals surface area (Å²) < 4.78 is 0. The van der Waals surface area contributed by atoms with Crippen molar-refractivity contribution in [2.45, 2.75) is 12.8 Å². The number of halogens is 2. The van der Waals surface area contributed by atoms with Gasteiger partial charge >= 0.3 is 0 Å². The minimum Gasteiger partial charge on any atom is -0.355 e. The molecule has 0 atom stereocenters. The highest BCUT2D eigenvalue weighted by Gasteiger charge is 2.00. The Hall–Kier alpha value is 0.220. The van der Waals surface area contributed by atoms with Crippen molar-refractivity contribution in [2.24, 2.45) is 0 Å². The second kappa shape index (κ2) is 13.6. The van der Waals surface area contributed by atoms with Gasteiger partial charge in [-0.05, 0) is 0 Å². The van der Waals surface area contributed by atoms with Crippen LogP contribution in [0.4, 0.5) is 0 Å². The molecule has 0 aliphatic rings. The van der Waals surface area contributed by atoms with E-state index in [1.54, 1.807) is 21.6 Å². The molecule has 0 bridgehead atoms. The molecule has 0 aromatic heterocycles. The summed E-state index contributed by atoms with van der Waals surface area (Å²) >= 11 is 10.9. The largest absolute Gasteiger partial charge is 0.355 e. The molecule has 0 fully saturated rings. The van der Waals surface area contributed by atoms with Gasteiger partial charge in [0.25, 0.3) is 0 Å². The first-order valence-corrected chi connectivity index (χ1v) is 9.16. The topological polar surface area (TPSA) is 58.2 Å². The molecule has 0 saturated carbocycles. The fourth-order valence-corrected chi connectivity index (χ4v) is 3.09. The van der Waals surface area contributed by atoms with E-state index in [4.69, 9.17) is 23.2 Å². The van der Waals surface area contributed by atoms with E-state index < -0.39 is 0 Å². The normalized spacial score (nSPS) is 10.1. The molecule has 106 valence electrons. The fourth-order valence-electron chi connectivity index (χ4n) is 0.931. The molecule has 0 rings (SSSR count). The number of carbonyl (C=O) groups excluding carboxylic acids is 2. The molecule has 8 heteroatoms. The summed E-state index contributed by atoms with van der Waals surface area (Å²) in [6, 6.07) is 0. The lowest BCUT2D eigenvalue weighted by atomic mass is 10.4. The highest BCUT2D eigenvalue weighted by Crippen LogP contribution is 2.19. The van der Waals surface area contributed by atoms with Gasteiger partial charge in [-0.1, -0.05) is 21.6 Å². The lowest BCUT2D eigenvalue weighted by Crippen LogP contribution is -2.26. The van der Waals surface area contributed by atoms with Crippen LogP contribution < -0.4 is 10.6 Å². The maximum absolute atomic E-state index is 11.0. The van der Waals surface area contributed by atoms with E-state index in [-0.39, 0.29) is 11.8 Å². The Kier molecular flexibility index (Phi) is 13.8.